The molecule has 0 aliphatic rings. The molecule has 0 amide bonds. The van der Waals surface area contributed by atoms with Crippen molar-refractivity contribution in [3.05, 3.63) is 33.9 Å². The Labute approximate surface area is 133 Å². The van der Waals surface area contributed by atoms with Crippen LogP contribution in [0.1, 0.15) is 36.3 Å². The summed E-state index contributed by atoms with van der Waals surface area (Å²) in [7, 11) is 0. The molecule has 0 aromatic carbocycles. The van der Waals surface area contributed by atoms with Gasteiger partial charge in [-0.1, -0.05) is 6.07 Å². The number of alkyl halides is 1. The van der Waals surface area contributed by atoms with E-state index in [1.165, 1.54) is 4.88 Å². The molecule has 4 nitrogen and oxygen atoms in total. The maximum atomic E-state index is 6.12. The average Bonchev–Trinajstić information content (AvgIpc) is 3.15. The van der Waals surface area contributed by atoms with Crippen molar-refractivity contribution >= 4 is 34.1 Å². The molecule has 0 bridgehead atoms. The van der Waals surface area contributed by atoms with E-state index in [-0.39, 0.29) is 0 Å². The highest BCUT2D eigenvalue weighted by Crippen LogP contribution is 2.27. The van der Waals surface area contributed by atoms with Gasteiger partial charge in [-0.05, 0) is 32.2 Å². The molecule has 3 aromatic rings. The molecule has 0 fully saturated rings. The number of fused-ring (bicyclic) bond motifs is 1. The van der Waals surface area contributed by atoms with Gasteiger partial charge in [0, 0.05) is 23.9 Å². The minimum Gasteiger partial charge on any atom is -0.309 e. The van der Waals surface area contributed by atoms with Crippen molar-refractivity contribution in [1.29, 1.82) is 0 Å². The van der Waals surface area contributed by atoms with Crippen LogP contribution >= 0.6 is 22.9 Å². The molecule has 0 N–H and O–H groups in total. The van der Waals surface area contributed by atoms with Gasteiger partial charge in [0.1, 0.15) is 11.3 Å². The Morgan fingerprint density at radius 2 is 2.24 bits per heavy atom. The summed E-state index contributed by atoms with van der Waals surface area (Å²) in [5, 5.41) is 6.70. The molecule has 6 heteroatoms. The quantitative estimate of drug-likeness (QED) is 0.661. The van der Waals surface area contributed by atoms with Crippen molar-refractivity contribution in [3.63, 3.8) is 0 Å². The van der Waals surface area contributed by atoms with Crippen molar-refractivity contribution in [2.75, 3.05) is 0 Å². The number of hydrogen-bond donors (Lipinski definition) is 0. The minimum absolute atomic E-state index is 0.309. The van der Waals surface area contributed by atoms with E-state index in [1.54, 1.807) is 11.3 Å². The standard InChI is InChI=1S/C15H19ClN4S/c1-4-19-15-14(11(3)18-19)17-13(9-16)20(15)10(2)8-12-6-5-7-21-12/h5-7,10H,4,8-9H2,1-3H3. The Morgan fingerprint density at radius 1 is 1.43 bits per heavy atom. The van der Waals surface area contributed by atoms with Crippen LogP contribution in [-0.4, -0.2) is 19.3 Å². The number of rotatable bonds is 5. The van der Waals surface area contributed by atoms with Crippen LogP contribution < -0.4 is 0 Å². The normalized spacial score (nSPS) is 13.1. The third kappa shape index (κ3) is 2.49. The fourth-order valence-corrected chi connectivity index (χ4v) is 3.84. The summed E-state index contributed by atoms with van der Waals surface area (Å²) in [4.78, 5) is 6.08. The molecule has 1 unspecified atom stereocenters. The SMILES string of the molecule is CCn1nc(C)c2nc(CCl)n(C(C)Cc3cccs3)c21. The van der Waals surface area contributed by atoms with E-state index in [0.29, 0.717) is 11.9 Å². The Kier molecular flexibility index (Phi) is 4.04. The van der Waals surface area contributed by atoms with Gasteiger partial charge in [-0.25, -0.2) is 9.67 Å². The molecule has 1 atom stereocenters. The van der Waals surface area contributed by atoms with Crippen LogP contribution in [0.15, 0.2) is 17.5 Å². The number of hydrogen-bond acceptors (Lipinski definition) is 3. The summed E-state index contributed by atoms with van der Waals surface area (Å²) in [6, 6.07) is 4.58. The molecule has 3 aromatic heterocycles. The highest BCUT2D eigenvalue weighted by molar-refractivity contribution is 7.09. The highest BCUT2D eigenvalue weighted by Gasteiger charge is 2.21. The monoisotopic (exact) mass is 322 g/mol. The summed E-state index contributed by atoms with van der Waals surface area (Å²) in [6.45, 7) is 7.17. The van der Waals surface area contributed by atoms with E-state index >= 15 is 0 Å². The summed E-state index contributed by atoms with van der Waals surface area (Å²) >= 11 is 7.92. The van der Waals surface area contributed by atoms with Gasteiger partial charge in [0.25, 0.3) is 0 Å². The van der Waals surface area contributed by atoms with Gasteiger partial charge >= 0.3 is 0 Å². The van der Waals surface area contributed by atoms with E-state index < -0.39 is 0 Å². The van der Waals surface area contributed by atoms with Crippen molar-refractivity contribution in [3.8, 4) is 0 Å². The molecular weight excluding hydrogens is 304 g/mol. The highest BCUT2D eigenvalue weighted by atomic mass is 35.5. The Hall–Kier alpha value is -1.33. The van der Waals surface area contributed by atoms with E-state index in [4.69, 9.17) is 16.6 Å². The van der Waals surface area contributed by atoms with Crippen LogP contribution in [-0.2, 0) is 18.8 Å². The summed E-state index contributed by atoms with van der Waals surface area (Å²) < 4.78 is 4.28. The molecule has 0 aliphatic heterocycles. The smallest absolute Gasteiger partial charge is 0.159 e. The zero-order valence-electron chi connectivity index (χ0n) is 12.5. The van der Waals surface area contributed by atoms with Crippen molar-refractivity contribution in [1.82, 2.24) is 19.3 Å². The number of aryl methyl sites for hydroxylation is 2. The fraction of sp³-hybridized carbons (Fsp3) is 0.467. The first-order valence-electron chi connectivity index (χ1n) is 7.18. The Morgan fingerprint density at radius 3 is 2.86 bits per heavy atom. The molecule has 0 aliphatic carbocycles. The van der Waals surface area contributed by atoms with E-state index in [1.807, 2.05) is 11.6 Å². The van der Waals surface area contributed by atoms with Crippen LogP contribution in [0.25, 0.3) is 11.2 Å². The van der Waals surface area contributed by atoms with Crippen molar-refractivity contribution in [2.45, 2.75) is 45.7 Å². The van der Waals surface area contributed by atoms with E-state index in [9.17, 15) is 0 Å². The van der Waals surface area contributed by atoms with Gasteiger partial charge < -0.3 is 4.57 Å². The second kappa shape index (κ2) is 5.81. The van der Waals surface area contributed by atoms with Crippen LogP contribution in [0, 0.1) is 6.92 Å². The average molecular weight is 323 g/mol. The van der Waals surface area contributed by atoms with Crippen LogP contribution in [0.4, 0.5) is 0 Å². The number of nitrogens with zero attached hydrogens (tertiary/aromatic N) is 4. The van der Waals surface area contributed by atoms with Gasteiger partial charge in [0.2, 0.25) is 0 Å². The van der Waals surface area contributed by atoms with Gasteiger partial charge in [0.05, 0.1) is 11.6 Å². The predicted molar refractivity (Wildman–Crippen MR) is 88.2 cm³/mol. The molecule has 0 saturated heterocycles. The van der Waals surface area contributed by atoms with Crippen LogP contribution in [0.2, 0.25) is 0 Å². The maximum Gasteiger partial charge on any atom is 0.159 e. The van der Waals surface area contributed by atoms with E-state index in [2.05, 4.69) is 41.0 Å². The third-order valence-corrected chi connectivity index (χ3v) is 4.89. The second-order valence-electron chi connectivity index (χ2n) is 5.24. The van der Waals surface area contributed by atoms with E-state index in [0.717, 1.165) is 35.6 Å². The fourth-order valence-electron chi connectivity index (χ4n) is 2.82. The van der Waals surface area contributed by atoms with Crippen LogP contribution in [0.5, 0.6) is 0 Å². The lowest BCUT2D eigenvalue weighted by Crippen LogP contribution is -2.14. The molecule has 21 heavy (non-hydrogen) atoms. The van der Waals surface area contributed by atoms with Gasteiger partial charge in [-0.3, -0.25) is 0 Å². The predicted octanol–water partition coefficient (Wildman–Crippen LogP) is 4.17. The molecule has 0 saturated carbocycles. The first kappa shape index (κ1) is 14.6. The lowest BCUT2D eigenvalue weighted by Gasteiger charge is -2.16. The maximum absolute atomic E-state index is 6.12. The largest absolute Gasteiger partial charge is 0.309 e. The lowest BCUT2D eigenvalue weighted by molar-refractivity contribution is 0.525. The van der Waals surface area contributed by atoms with Gasteiger partial charge in [0.15, 0.2) is 5.65 Å². The van der Waals surface area contributed by atoms with Crippen LogP contribution in [0.3, 0.4) is 0 Å². The number of halogens is 1. The lowest BCUT2D eigenvalue weighted by atomic mass is 10.2. The first-order valence-corrected chi connectivity index (χ1v) is 8.59. The van der Waals surface area contributed by atoms with Gasteiger partial charge in [-0.15, -0.1) is 22.9 Å². The molecule has 0 radical (unpaired) electrons. The van der Waals surface area contributed by atoms with Crippen molar-refractivity contribution < 1.29 is 0 Å². The van der Waals surface area contributed by atoms with Crippen molar-refractivity contribution in [2.24, 2.45) is 0 Å². The number of imidazole rings is 1. The molecule has 3 rings (SSSR count). The zero-order valence-corrected chi connectivity index (χ0v) is 14.1. The number of thiophene rings is 1. The first-order chi connectivity index (χ1) is 10.2. The van der Waals surface area contributed by atoms with Gasteiger partial charge in [-0.2, -0.15) is 5.10 Å². The Balaban J connectivity index is 2.10. The molecular formula is C15H19ClN4S. The molecule has 112 valence electrons. The summed E-state index contributed by atoms with van der Waals surface area (Å²) in [6.07, 6.45) is 0.987. The topological polar surface area (TPSA) is 35.6 Å². The Bertz CT molecular complexity index is 741. The second-order valence-corrected chi connectivity index (χ2v) is 6.54. The molecule has 0 spiro atoms. The third-order valence-electron chi connectivity index (χ3n) is 3.75. The summed E-state index contributed by atoms with van der Waals surface area (Å²) in [5.74, 6) is 1.35. The minimum atomic E-state index is 0.309. The molecule has 3 heterocycles. The number of aromatic nitrogens is 4. The summed E-state index contributed by atoms with van der Waals surface area (Å²) in [5.41, 5.74) is 3.04. The zero-order chi connectivity index (χ0) is 15.0.